The number of nitrogens with zero attached hydrogens (tertiary/aromatic N) is 3. The predicted octanol–water partition coefficient (Wildman–Crippen LogP) is 1.48. The molecule has 6 heteroatoms. The van der Waals surface area contributed by atoms with Crippen LogP contribution in [0.15, 0.2) is 18.2 Å². The zero-order chi connectivity index (χ0) is 17.3. The van der Waals surface area contributed by atoms with Crippen molar-refractivity contribution in [3.05, 3.63) is 34.9 Å². The summed E-state index contributed by atoms with van der Waals surface area (Å²) in [6, 6.07) is 6.25. The van der Waals surface area contributed by atoms with E-state index < -0.39 is 0 Å². The van der Waals surface area contributed by atoms with E-state index in [0.29, 0.717) is 19.6 Å². The maximum atomic E-state index is 12.6. The zero-order valence-corrected chi connectivity index (χ0v) is 15.4. The minimum Gasteiger partial charge on any atom is -0.335 e. The lowest BCUT2D eigenvalue weighted by Crippen LogP contribution is -2.55. The zero-order valence-electron chi connectivity index (χ0n) is 14.6. The van der Waals surface area contributed by atoms with Crippen LogP contribution >= 0.6 is 11.8 Å². The summed E-state index contributed by atoms with van der Waals surface area (Å²) in [5.74, 6) is 1.85. The van der Waals surface area contributed by atoms with Crippen LogP contribution in [0.1, 0.15) is 16.7 Å². The van der Waals surface area contributed by atoms with Crippen molar-refractivity contribution < 1.29 is 9.59 Å². The lowest BCUT2D eigenvalue weighted by Gasteiger charge is -2.36. The van der Waals surface area contributed by atoms with Gasteiger partial charge in [-0.3, -0.25) is 14.5 Å². The van der Waals surface area contributed by atoms with Gasteiger partial charge in [-0.1, -0.05) is 18.2 Å². The molecule has 0 aromatic heterocycles. The fraction of sp³-hybridized carbons (Fsp3) is 0.556. The van der Waals surface area contributed by atoms with Gasteiger partial charge < -0.3 is 9.80 Å². The van der Waals surface area contributed by atoms with Gasteiger partial charge >= 0.3 is 0 Å². The average Bonchev–Trinajstić information content (AvgIpc) is 2.98. The van der Waals surface area contributed by atoms with Crippen LogP contribution in [0.3, 0.4) is 0 Å². The Morgan fingerprint density at radius 1 is 1.25 bits per heavy atom. The Labute approximate surface area is 148 Å². The highest BCUT2D eigenvalue weighted by Crippen LogP contribution is 2.21. The van der Waals surface area contributed by atoms with Crippen LogP contribution in [0, 0.1) is 13.8 Å². The lowest BCUT2D eigenvalue weighted by molar-refractivity contribution is -0.147. The highest BCUT2D eigenvalue weighted by Gasteiger charge is 2.35. The molecule has 2 saturated heterocycles. The summed E-state index contributed by atoms with van der Waals surface area (Å²) in [6.07, 6.45) is 0. The molecular formula is C18H25N3O2S. The monoisotopic (exact) mass is 347 g/mol. The van der Waals surface area contributed by atoms with Crippen LogP contribution in [0.2, 0.25) is 0 Å². The van der Waals surface area contributed by atoms with Crippen molar-refractivity contribution in [2.45, 2.75) is 26.4 Å². The first-order chi connectivity index (χ1) is 11.5. The molecule has 0 saturated carbocycles. The molecule has 130 valence electrons. The van der Waals surface area contributed by atoms with E-state index >= 15 is 0 Å². The molecule has 2 fully saturated rings. The Hall–Kier alpha value is -1.53. The van der Waals surface area contributed by atoms with Gasteiger partial charge in [0.25, 0.3) is 0 Å². The van der Waals surface area contributed by atoms with Gasteiger partial charge in [0.05, 0.1) is 12.6 Å². The Kier molecular flexibility index (Phi) is 5.15. The number of hydrogen-bond acceptors (Lipinski definition) is 4. The van der Waals surface area contributed by atoms with Gasteiger partial charge in [-0.05, 0) is 37.6 Å². The van der Waals surface area contributed by atoms with E-state index in [4.69, 9.17) is 0 Å². The van der Waals surface area contributed by atoms with Crippen molar-refractivity contribution in [1.82, 2.24) is 14.7 Å². The largest absolute Gasteiger partial charge is 0.335 e. The molecule has 0 aliphatic carbocycles. The molecule has 2 aliphatic heterocycles. The number of benzene rings is 1. The topological polar surface area (TPSA) is 43.9 Å². The molecule has 0 spiro atoms. The van der Waals surface area contributed by atoms with Gasteiger partial charge in [0.1, 0.15) is 0 Å². The van der Waals surface area contributed by atoms with Crippen molar-refractivity contribution in [1.29, 1.82) is 0 Å². The maximum absolute atomic E-state index is 12.6. The molecule has 2 aliphatic rings. The number of piperazine rings is 1. The summed E-state index contributed by atoms with van der Waals surface area (Å²) in [7, 11) is 1.97. The SMILES string of the molecule is Cc1ccc(CN2CCN(C(=O)[C@@H]3CSCN3C)CC2=O)cc1C. The summed E-state index contributed by atoms with van der Waals surface area (Å²) in [6.45, 7) is 6.26. The molecule has 0 radical (unpaired) electrons. The quantitative estimate of drug-likeness (QED) is 0.831. The van der Waals surface area contributed by atoms with Gasteiger partial charge in [0.2, 0.25) is 11.8 Å². The van der Waals surface area contributed by atoms with Crippen molar-refractivity contribution in [3.8, 4) is 0 Å². The van der Waals surface area contributed by atoms with E-state index in [2.05, 4.69) is 36.9 Å². The fourth-order valence-corrected chi connectivity index (χ4v) is 4.38. The van der Waals surface area contributed by atoms with Crippen LogP contribution in [0.5, 0.6) is 0 Å². The molecule has 1 atom stereocenters. The van der Waals surface area contributed by atoms with E-state index in [-0.39, 0.29) is 24.4 Å². The smallest absolute Gasteiger partial charge is 0.242 e. The first-order valence-electron chi connectivity index (χ1n) is 8.36. The van der Waals surface area contributed by atoms with Crippen molar-refractivity contribution >= 4 is 23.6 Å². The second-order valence-corrected chi connectivity index (χ2v) is 7.77. The maximum Gasteiger partial charge on any atom is 0.242 e. The number of likely N-dealkylation sites (N-methyl/N-ethyl adjacent to an activating group) is 1. The minimum absolute atomic E-state index is 0.0427. The first kappa shape index (κ1) is 17.3. The van der Waals surface area contributed by atoms with Gasteiger partial charge in [-0.15, -0.1) is 11.8 Å². The van der Waals surface area contributed by atoms with Crippen LogP contribution in [-0.4, -0.2) is 70.9 Å². The van der Waals surface area contributed by atoms with Crippen molar-refractivity contribution in [2.24, 2.45) is 0 Å². The lowest BCUT2D eigenvalue weighted by atomic mass is 10.1. The molecule has 0 bridgehead atoms. The molecule has 0 unspecified atom stereocenters. The number of hydrogen-bond donors (Lipinski definition) is 0. The Morgan fingerprint density at radius 3 is 2.67 bits per heavy atom. The number of amides is 2. The van der Waals surface area contributed by atoms with Gasteiger partial charge in [0, 0.05) is 31.3 Å². The molecular weight excluding hydrogens is 322 g/mol. The normalized spacial score (nSPS) is 22.3. The minimum atomic E-state index is -0.0749. The molecule has 1 aromatic carbocycles. The third kappa shape index (κ3) is 3.59. The summed E-state index contributed by atoms with van der Waals surface area (Å²) < 4.78 is 0. The van der Waals surface area contributed by atoms with Gasteiger partial charge in [-0.25, -0.2) is 0 Å². The number of carbonyl (C=O) groups excluding carboxylic acids is 2. The summed E-state index contributed by atoms with van der Waals surface area (Å²) in [5.41, 5.74) is 3.66. The van der Waals surface area contributed by atoms with E-state index in [1.807, 2.05) is 11.9 Å². The molecule has 2 amide bonds. The third-order valence-corrected chi connectivity index (χ3v) is 6.10. The summed E-state index contributed by atoms with van der Waals surface area (Å²) in [4.78, 5) is 30.7. The summed E-state index contributed by atoms with van der Waals surface area (Å²) >= 11 is 1.77. The standard InChI is InChI=1S/C18H25N3O2S/c1-13-4-5-15(8-14(13)2)9-20-6-7-21(10-17(20)22)18(23)16-11-24-12-19(16)3/h4-5,8,16H,6-7,9-12H2,1-3H3/t16-/m0/s1. The van der Waals surface area contributed by atoms with Crippen molar-refractivity contribution in [2.75, 3.05) is 38.3 Å². The average molecular weight is 347 g/mol. The third-order valence-electron chi connectivity index (χ3n) is 4.96. The van der Waals surface area contributed by atoms with Gasteiger partial charge in [-0.2, -0.15) is 0 Å². The second-order valence-electron chi connectivity index (χ2n) is 6.77. The number of aryl methyl sites for hydroxylation is 2. The molecule has 24 heavy (non-hydrogen) atoms. The number of carbonyl (C=O) groups is 2. The summed E-state index contributed by atoms with van der Waals surface area (Å²) in [5, 5.41) is 0. The highest BCUT2D eigenvalue weighted by molar-refractivity contribution is 7.99. The number of thioether (sulfide) groups is 1. The van der Waals surface area contributed by atoms with E-state index in [9.17, 15) is 9.59 Å². The molecule has 5 nitrogen and oxygen atoms in total. The van der Waals surface area contributed by atoms with Crippen LogP contribution in [0.4, 0.5) is 0 Å². The molecule has 3 rings (SSSR count). The van der Waals surface area contributed by atoms with E-state index in [0.717, 1.165) is 17.2 Å². The first-order valence-corrected chi connectivity index (χ1v) is 9.52. The molecule has 0 N–H and O–H groups in total. The Bertz CT molecular complexity index is 649. The number of rotatable bonds is 3. The highest BCUT2D eigenvalue weighted by atomic mass is 32.2. The Morgan fingerprint density at radius 2 is 2.04 bits per heavy atom. The molecule has 2 heterocycles. The molecule has 1 aromatic rings. The fourth-order valence-electron chi connectivity index (χ4n) is 3.18. The van der Waals surface area contributed by atoms with Crippen molar-refractivity contribution in [3.63, 3.8) is 0 Å². The van der Waals surface area contributed by atoms with E-state index in [1.54, 1.807) is 16.7 Å². The Balaban J connectivity index is 1.60. The van der Waals surface area contributed by atoms with Crippen LogP contribution in [-0.2, 0) is 16.1 Å². The predicted molar refractivity (Wildman–Crippen MR) is 96.8 cm³/mol. The van der Waals surface area contributed by atoms with Crippen LogP contribution < -0.4 is 0 Å². The van der Waals surface area contributed by atoms with Crippen LogP contribution in [0.25, 0.3) is 0 Å². The van der Waals surface area contributed by atoms with Gasteiger partial charge in [0.15, 0.2) is 0 Å². The van der Waals surface area contributed by atoms with E-state index in [1.165, 1.54) is 11.1 Å². The second kappa shape index (κ2) is 7.15.